The first kappa shape index (κ1) is 15.6. The van der Waals surface area contributed by atoms with Crippen molar-refractivity contribution in [2.75, 3.05) is 0 Å². The van der Waals surface area contributed by atoms with Gasteiger partial charge in [0.2, 0.25) is 0 Å². The molecule has 0 saturated carbocycles. The van der Waals surface area contributed by atoms with E-state index < -0.39 is 24.1 Å². The summed E-state index contributed by atoms with van der Waals surface area (Å²) >= 11 is 0. The van der Waals surface area contributed by atoms with Crippen LogP contribution in [0.15, 0.2) is 72.8 Å². The highest BCUT2D eigenvalue weighted by atomic mass is 16.6. The second-order valence-corrected chi connectivity index (χ2v) is 5.92. The third kappa shape index (κ3) is 3.32. The zero-order chi connectivity index (χ0) is 17.2. The SMILES string of the molecule is O=C(O[C@@H]1[C@@H]2O[C@@H]2C=C[C@@H]1OC(=O)c1ccccc1)c1ccccc1. The van der Waals surface area contributed by atoms with Gasteiger partial charge in [0.1, 0.15) is 12.2 Å². The van der Waals surface area contributed by atoms with Gasteiger partial charge in [-0.2, -0.15) is 0 Å². The summed E-state index contributed by atoms with van der Waals surface area (Å²) in [7, 11) is 0. The van der Waals surface area contributed by atoms with E-state index in [-0.39, 0.29) is 12.2 Å². The van der Waals surface area contributed by atoms with E-state index in [1.807, 2.05) is 18.2 Å². The first-order chi connectivity index (χ1) is 12.2. The van der Waals surface area contributed by atoms with Crippen LogP contribution in [0.4, 0.5) is 0 Å². The maximum absolute atomic E-state index is 12.3. The lowest BCUT2D eigenvalue weighted by Gasteiger charge is -2.25. The molecule has 0 spiro atoms. The molecule has 0 aromatic heterocycles. The Labute approximate surface area is 144 Å². The summed E-state index contributed by atoms with van der Waals surface area (Å²) in [4.78, 5) is 24.6. The Balaban J connectivity index is 1.48. The number of carbonyl (C=O) groups excluding carboxylic acids is 2. The lowest BCUT2D eigenvalue weighted by molar-refractivity contribution is -0.0299. The minimum Gasteiger partial charge on any atom is -0.452 e. The van der Waals surface area contributed by atoms with E-state index in [1.165, 1.54) is 0 Å². The molecule has 4 rings (SSSR count). The molecule has 1 aliphatic heterocycles. The monoisotopic (exact) mass is 336 g/mol. The molecular formula is C20H16O5. The maximum atomic E-state index is 12.3. The van der Waals surface area contributed by atoms with Crippen LogP contribution < -0.4 is 0 Å². The van der Waals surface area contributed by atoms with Gasteiger partial charge < -0.3 is 14.2 Å². The summed E-state index contributed by atoms with van der Waals surface area (Å²) in [6.45, 7) is 0. The standard InChI is InChI=1S/C20H16O5/c21-19(13-7-3-1-4-8-13)24-16-12-11-15-17(23-15)18(16)25-20(22)14-9-5-2-6-10-14/h1-12,15-18H/t15-,16+,17-,18+/m1/s1. The van der Waals surface area contributed by atoms with Gasteiger partial charge in [-0.25, -0.2) is 9.59 Å². The van der Waals surface area contributed by atoms with Gasteiger partial charge in [-0.3, -0.25) is 0 Å². The summed E-state index contributed by atoms with van der Waals surface area (Å²) in [5.74, 6) is -0.925. The molecule has 5 nitrogen and oxygen atoms in total. The average Bonchev–Trinajstić information content (AvgIpc) is 3.45. The Bertz CT molecular complexity index is 799. The van der Waals surface area contributed by atoms with Crippen molar-refractivity contribution in [3.8, 4) is 0 Å². The molecule has 1 fully saturated rings. The summed E-state index contributed by atoms with van der Waals surface area (Å²) in [6.07, 6.45) is 1.87. The molecule has 25 heavy (non-hydrogen) atoms. The predicted molar refractivity (Wildman–Crippen MR) is 89.1 cm³/mol. The van der Waals surface area contributed by atoms with E-state index in [9.17, 15) is 9.59 Å². The van der Waals surface area contributed by atoms with Crippen molar-refractivity contribution in [1.29, 1.82) is 0 Å². The minimum atomic E-state index is -0.677. The van der Waals surface area contributed by atoms with Crippen molar-refractivity contribution in [3.63, 3.8) is 0 Å². The number of fused-ring (bicyclic) bond motifs is 1. The topological polar surface area (TPSA) is 65.1 Å². The Morgan fingerprint density at radius 1 is 0.760 bits per heavy atom. The van der Waals surface area contributed by atoms with Gasteiger partial charge in [0, 0.05) is 0 Å². The Morgan fingerprint density at radius 2 is 1.32 bits per heavy atom. The summed E-state index contributed by atoms with van der Waals surface area (Å²) in [5.41, 5.74) is 0.894. The van der Waals surface area contributed by atoms with Crippen molar-refractivity contribution in [2.24, 2.45) is 0 Å². The number of hydrogen-bond acceptors (Lipinski definition) is 5. The number of hydrogen-bond donors (Lipinski definition) is 0. The molecule has 0 N–H and O–H groups in total. The molecule has 5 heteroatoms. The van der Waals surface area contributed by atoms with E-state index in [2.05, 4.69) is 0 Å². The fraction of sp³-hybridized carbons (Fsp3) is 0.200. The zero-order valence-electron chi connectivity index (χ0n) is 13.3. The lowest BCUT2D eigenvalue weighted by Crippen LogP contribution is -2.40. The van der Waals surface area contributed by atoms with Crippen LogP contribution in [0.1, 0.15) is 20.7 Å². The average molecular weight is 336 g/mol. The van der Waals surface area contributed by atoms with Crippen LogP contribution in [0.5, 0.6) is 0 Å². The number of esters is 2. The fourth-order valence-corrected chi connectivity index (χ4v) is 2.84. The van der Waals surface area contributed by atoms with E-state index >= 15 is 0 Å². The molecule has 2 aromatic carbocycles. The number of benzene rings is 2. The number of rotatable bonds is 4. The third-order valence-electron chi connectivity index (χ3n) is 4.20. The molecule has 0 bridgehead atoms. The van der Waals surface area contributed by atoms with E-state index in [0.29, 0.717) is 11.1 Å². The van der Waals surface area contributed by atoms with Crippen LogP contribution in [0.3, 0.4) is 0 Å². The van der Waals surface area contributed by atoms with Crippen molar-refractivity contribution < 1.29 is 23.8 Å². The smallest absolute Gasteiger partial charge is 0.338 e. The van der Waals surface area contributed by atoms with Crippen LogP contribution >= 0.6 is 0 Å². The van der Waals surface area contributed by atoms with Gasteiger partial charge in [-0.1, -0.05) is 42.5 Å². The van der Waals surface area contributed by atoms with Crippen molar-refractivity contribution in [3.05, 3.63) is 83.9 Å². The molecular weight excluding hydrogens is 320 g/mol. The minimum absolute atomic E-state index is 0.0831. The zero-order valence-corrected chi connectivity index (χ0v) is 13.3. The first-order valence-electron chi connectivity index (χ1n) is 8.08. The number of epoxide rings is 1. The van der Waals surface area contributed by atoms with Crippen LogP contribution in [0.2, 0.25) is 0 Å². The number of ether oxygens (including phenoxy) is 3. The van der Waals surface area contributed by atoms with Gasteiger partial charge >= 0.3 is 11.9 Å². The second-order valence-electron chi connectivity index (χ2n) is 5.92. The van der Waals surface area contributed by atoms with Crippen molar-refractivity contribution in [2.45, 2.75) is 24.4 Å². The molecule has 4 atom stereocenters. The molecule has 1 saturated heterocycles. The molecule has 0 amide bonds. The second kappa shape index (κ2) is 6.53. The van der Waals surface area contributed by atoms with Crippen LogP contribution in [0, 0.1) is 0 Å². The molecule has 0 unspecified atom stereocenters. The lowest BCUT2D eigenvalue weighted by atomic mass is 10.0. The van der Waals surface area contributed by atoms with Gasteiger partial charge in [-0.05, 0) is 30.3 Å². The van der Waals surface area contributed by atoms with Crippen LogP contribution in [-0.2, 0) is 14.2 Å². The Kier molecular flexibility index (Phi) is 4.07. The molecule has 1 heterocycles. The van der Waals surface area contributed by atoms with Gasteiger partial charge in [0.25, 0.3) is 0 Å². The summed E-state index contributed by atoms with van der Waals surface area (Å²) in [6, 6.07) is 17.4. The van der Waals surface area contributed by atoms with Crippen molar-refractivity contribution >= 4 is 11.9 Å². The van der Waals surface area contributed by atoms with E-state index in [1.54, 1.807) is 54.6 Å². The fourth-order valence-electron chi connectivity index (χ4n) is 2.84. The highest BCUT2D eigenvalue weighted by Crippen LogP contribution is 2.36. The van der Waals surface area contributed by atoms with E-state index in [0.717, 1.165) is 0 Å². The highest BCUT2D eigenvalue weighted by Gasteiger charge is 2.52. The van der Waals surface area contributed by atoms with E-state index in [4.69, 9.17) is 14.2 Å². The first-order valence-corrected chi connectivity index (χ1v) is 8.08. The number of carbonyl (C=O) groups is 2. The third-order valence-corrected chi connectivity index (χ3v) is 4.20. The van der Waals surface area contributed by atoms with Gasteiger partial charge in [0.15, 0.2) is 12.2 Å². The summed E-state index contributed by atoms with van der Waals surface area (Å²) < 4.78 is 16.6. The molecule has 2 aromatic rings. The van der Waals surface area contributed by atoms with Gasteiger partial charge in [-0.15, -0.1) is 0 Å². The van der Waals surface area contributed by atoms with Gasteiger partial charge in [0.05, 0.1) is 11.1 Å². The quantitative estimate of drug-likeness (QED) is 0.488. The Morgan fingerprint density at radius 3 is 1.92 bits per heavy atom. The molecule has 1 aliphatic carbocycles. The van der Waals surface area contributed by atoms with Crippen molar-refractivity contribution in [1.82, 2.24) is 0 Å². The van der Waals surface area contributed by atoms with Crippen LogP contribution in [-0.4, -0.2) is 36.4 Å². The maximum Gasteiger partial charge on any atom is 0.338 e. The Hall–Kier alpha value is -2.92. The molecule has 126 valence electrons. The van der Waals surface area contributed by atoms with Crippen LogP contribution in [0.25, 0.3) is 0 Å². The predicted octanol–water partition coefficient (Wildman–Crippen LogP) is 2.77. The molecule has 2 aliphatic rings. The largest absolute Gasteiger partial charge is 0.452 e. The molecule has 0 radical (unpaired) electrons. The normalized spacial score (nSPS) is 26.4. The summed E-state index contributed by atoms with van der Waals surface area (Å²) in [5, 5.41) is 0. The highest BCUT2D eigenvalue weighted by molar-refractivity contribution is 5.90.